The number of piperidine rings is 1. The first-order valence-corrected chi connectivity index (χ1v) is 22.1. The predicted octanol–water partition coefficient (Wildman–Crippen LogP) is 5.85. The van der Waals surface area contributed by atoms with E-state index in [0.29, 0.717) is 44.7 Å². The molecule has 0 atom stereocenters. The number of imidazole rings is 2. The van der Waals surface area contributed by atoms with Gasteiger partial charge >= 0.3 is 12.1 Å². The van der Waals surface area contributed by atoms with Gasteiger partial charge in [-0.3, -0.25) is 9.69 Å². The van der Waals surface area contributed by atoms with Gasteiger partial charge in [-0.05, 0) is 90.9 Å². The van der Waals surface area contributed by atoms with Gasteiger partial charge in [0.15, 0.2) is 0 Å². The van der Waals surface area contributed by atoms with E-state index in [0.717, 1.165) is 89.4 Å². The minimum atomic E-state index is -1.15. The van der Waals surface area contributed by atoms with E-state index in [4.69, 9.17) is 19.2 Å². The van der Waals surface area contributed by atoms with Crippen LogP contribution in [0.15, 0.2) is 24.8 Å². The second kappa shape index (κ2) is 18.0. The maximum absolute atomic E-state index is 12.6. The van der Waals surface area contributed by atoms with Gasteiger partial charge in [0, 0.05) is 72.1 Å². The lowest BCUT2D eigenvalue weighted by molar-refractivity contribution is -0.143. The van der Waals surface area contributed by atoms with E-state index in [2.05, 4.69) is 49.8 Å². The number of aromatic nitrogens is 4. The summed E-state index contributed by atoms with van der Waals surface area (Å²) in [5.74, 6) is 1.81. The van der Waals surface area contributed by atoms with E-state index in [-0.39, 0.29) is 12.1 Å². The van der Waals surface area contributed by atoms with E-state index < -0.39 is 13.7 Å². The van der Waals surface area contributed by atoms with Crippen LogP contribution in [-0.2, 0) is 45.4 Å². The molecule has 2 aromatic heterocycles. The zero-order valence-electron chi connectivity index (χ0n) is 31.4. The lowest BCUT2D eigenvalue weighted by atomic mass is 9.78. The van der Waals surface area contributed by atoms with Crippen molar-refractivity contribution >= 4 is 20.1 Å². The molecule has 2 saturated heterocycles. The van der Waals surface area contributed by atoms with Crippen molar-refractivity contribution in [1.29, 1.82) is 0 Å². The average Bonchev–Trinajstić information content (AvgIpc) is 3.75. The quantitative estimate of drug-likeness (QED) is 0.108. The number of hydrogen-bond acceptors (Lipinski definition) is 9. The molecule has 2 aliphatic rings. The van der Waals surface area contributed by atoms with Crippen molar-refractivity contribution in [2.45, 2.75) is 124 Å². The van der Waals surface area contributed by atoms with Gasteiger partial charge in [-0.1, -0.05) is 19.6 Å². The van der Waals surface area contributed by atoms with Crippen molar-refractivity contribution in [3.8, 4) is 0 Å². The van der Waals surface area contributed by atoms with Gasteiger partial charge in [0.1, 0.15) is 24.0 Å². The zero-order chi connectivity index (χ0) is 35.5. The number of hydrogen-bond donors (Lipinski definition) is 0. The van der Waals surface area contributed by atoms with Crippen LogP contribution >= 0.6 is 0 Å². The van der Waals surface area contributed by atoms with Crippen molar-refractivity contribution in [3.05, 3.63) is 36.4 Å². The molecular formula is C36H63N7O5Si. The Kier molecular flexibility index (Phi) is 14.3. The molecule has 12 nitrogen and oxygen atoms in total. The Balaban J connectivity index is 1.27. The molecule has 0 bridgehead atoms. The van der Waals surface area contributed by atoms with Crippen LogP contribution in [0.5, 0.6) is 0 Å². The highest BCUT2D eigenvalue weighted by atomic mass is 28.3. The molecule has 276 valence electrons. The Morgan fingerprint density at radius 1 is 0.939 bits per heavy atom. The van der Waals surface area contributed by atoms with Crippen LogP contribution in [0.1, 0.15) is 77.9 Å². The van der Waals surface area contributed by atoms with Crippen LogP contribution in [0.4, 0.5) is 4.79 Å². The van der Waals surface area contributed by atoms with Crippen LogP contribution in [0.3, 0.4) is 0 Å². The third kappa shape index (κ3) is 13.1. The lowest BCUT2D eigenvalue weighted by Crippen LogP contribution is -2.46. The normalized spacial score (nSPS) is 16.9. The summed E-state index contributed by atoms with van der Waals surface area (Å²) in [5.41, 5.74) is -0.146. The van der Waals surface area contributed by atoms with Crippen LogP contribution in [0.2, 0.25) is 25.7 Å². The zero-order valence-corrected chi connectivity index (χ0v) is 32.4. The molecule has 49 heavy (non-hydrogen) atoms. The molecule has 4 rings (SSSR count). The number of aryl methyl sites for hydroxylation is 1. The number of likely N-dealkylation sites (tertiary alicyclic amines) is 2. The fourth-order valence-electron chi connectivity index (χ4n) is 6.72. The Hall–Kier alpha value is -2.74. The fourth-order valence-corrected chi connectivity index (χ4v) is 7.48. The molecule has 1 amide bonds. The van der Waals surface area contributed by atoms with Gasteiger partial charge in [-0.25, -0.2) is 14.8 Å². The summed E-state index contributed by atoms with van der Waals surface area (Å²) >= 11 is 0. The number of ether oxygens (including phenoxy) is 3. The van der Waals surface area contributed by atoms with Crippen LogP contribution in [0, 0.1) is 5.41 Å². The maximum atomic E-state index is 12.6. The number of nitrogens with zero attached hydrogens (tertiary/aromatic N) is 7. The first kappa shape index (κ1) is 39.0. The van der Waals surface area contributed by atoms with E-state index >= 15 is 0 Å². The van der Waals surface area contributed by atoms with E-state index in [1.165, 1.54) is 6.42 Å². The van der Waals surface area contributed by atoms with Crippen molar-refractivity contribution in [3.63, 3.8) is 0 Å². The Morgan fingerprint density at radius 3 is 2.24 bits per heavy atom. The molecule has 0 aliphatic carbocycles. The molecule has 2 fully saturated rings. The molecular weight excluding hydrogens is 639 g/mol. The monoisotopic (exact) mass is 701 g/mol. The molecule has 2 aliphatic heterocycles. The molecule has 0 radical (unpaired) electrons. The summed E-state index contributed by atoms with van der Waals surface area (Å²) in [7, 11) is -1.15. The minimum Gasteiger partial charge on any atom is -0.466 e. The average molecular weight is 702 g/mol. The standard InChI is InChI=1S/C36H63N7O5Si/c1-8-47-33(44)11-9-17-40(28-32-38-16-24-43(32)30-46-25-26-49(5,6)7)27-31-37-15-23-41(31)19-10-18-39-20-12-36(29-39)13-21-42(22-14-36)34(45)48-35(2,3)4/h15-16,23-24H,8-14,17-22,25-30H2,1-7H3. The summed E-state index contributed by atoms with van der Waals surface area (Å²) in [6, 6.07) is 1.13. The second-order valence-electron chi connectivity index (χ2n) is 16.2. The van der Waals surface area contributed by atoms with E-state index in [9.17, 15) is 9.59 Å². The maximum Gasteiger partial charge on any atom is 0.410 e. The number of rotatable bonds is 18. The number of esters is 1. The molecule has 0 N–H and O–H groups in total. The highest BCUT2D eigenvalue weighted by Gasteiger charge is 2.41. The van der Waals surface area contributed by atoms with Crippen LogP contribution in [0.25, 0.3) is 0 Å². The smallest absolute Gasteiger partial charge is 0.410 e. The van der Waals surface area contributed by atoms with Gasteiger partial charge in [0.2, 0.25) is 0 Å². The Labute approximate surface area is 295 Å². The molecule has 13 heteroatoms. The van der Waals surface area contributed by atoms with Crippen LogP contribution in [-0.4, -0.2) is 112 Å². The Morgan fingerprint density at radius 2 is 1.59 bits per heavy atom. The largest absolute Gasteiger partial charge is 0.466 e. The minimum absolute atomic E-state index is 0.154. The van der Waals surface area contributed by atoms with Gasteiger partial charge in [-0.15, -0.1) is 0 Å². The molecule has 2 aromatic rings. The summed E-state index contributed by atoms with van der Waals surface area (Å²) in [6.45, 7) is 24.1. The van der Waals surface area contributed by atoms with E-state index in [1.807, 2.05) is 51.2 Å². The number of carbonyl (C=O) groups excluding carboxylic acids is 2. The Bertz CT molecular complexity index is 1310. The van der Waals surface area contributed by atoms with Crippen LogP contribution < -0.4 is 0 Å². The van der Waals surface area contributed by atoms with Crippen molar-refractivity contribution in [1.82, 2.24) is 33.8 Å². The molecule has 0 saturated carbocycles. The molecule has 0 unspecified atom stereocenters. The highest BCUT2D eigenvalue weighted by molar-refractivity contribution is 6.76. The van der Waals surface area contributed by atoms with Gasteiger partial charge in [-0.2, -0.15) is 0 Å². The third-order valence-electron chi connectivity index (χ3n) is 9.59. The first-order chi connectivity index (χ1) is 23.2. The summed E-state index contributed by atoms with van der Waals surface area (Å²) < 4.78 is 21.2. The number of carbonyl (C=O) groups is 2. The van der Waals surface area contributed by atoms with Crippen molar-refractivity contribution < 1.29 is 23.8 Å². The summed E-state index contributed by atoms with van der Waals surface area (Å²) in [6.07, 6.45) is 13.0. The highest BCUT2D eigenvalue weighted by Crippen LogP contribution is 2.40. The molecule has 1 spiro atoms. The van der Waals surface area contributed by atoms with Gasteiger partial charge in [0.05, 0.1) is 19.7 Å². The first-order valence-electron chi connectivity index (χ1n) is 18.4. The van der Waals surface area contributed by atoms with Crippen molar-refractivity contribution in [2.75, 3.05) is 52.5 Å². The molecule has 4 heterocycles. The molecule has 0 aromatic carbocycles. The van der Waals surface area contributed by atoms with E-state index in [1.54, 1.807) is 0 Å². The summed E-state index contributed by atoms with van der Waals surface area (Å²) in [5, 5.41) is 0. The topological polar surface area (TPSA) is 107 Å². The fraction of sp³-hybridized carbons (Fsp3) is 0.778. The SMILES string of the molecule is CCOC(=O)CCCN(Cc1nccn1CCCN1CCC2(CCN(C(=O)OC(C)(C)C)CC2)C1)Cc1nccn1COCC[Si](C)(C)C. The number of amides is 1. The summed E-state index contributed by atoms with van der Waals surface area (Å²) in [4.78, 5) is 40.9. The third-order valence-corrected chi connectivity index (χ3v) is 11.3. The van der Waals surface area contributed by atoms with Gasteiger partial charge in [0.25, 0.3) is 0 Å². The lowest BCUT2D eigenvalue weighted by Gasteiger charge is -2.39. The van der Waals surface area contributed by atoms with Crippen molar-refractivity contribution in [2.24, 2.45) is 5.41 Å². The second-order valence-corrected chi connectivity index (χ2v) is 21.8. The van der Waals surface area contributed by atoms with Gasteiger partial charge < -0.3 is 33.1 Å². The predicted molar refractivity (Wildman–Crippen MR) is 194 cm³/mol.